The molecule has 0 atom stereocenters. The SMILES string of the molecule is CCc1ccc(-c2nc(N)c3c(C)c(C)sc3n2)cc1. The van der Waals surface area contributed by atoms with E-state index in [4.69, 9.17) is 5.73 Å². The third-order valence-electron chi connectivity index (χ3n) is 3.68. The fourth-order valence-corrected chi connectivity index (χ4v) is 3.34. The molecule has 102 valence electrons. The number of anilines is 1. The molecule has 1 aromatic carbocycles. The molecule has 0 unspecified atom stereocenters. The van der Waals surface area contributed by atoms with Gasteiger partial charge in [0.25, 0.3) is 0 Å². The second-order valence-corrected chi connectivity index (χ2v) is 6.15. The molecule has 0 saturated heterocycles. The van der Waals surface area contributed by atoms with Crippen molar-refractivity contribution in [2.75, 3.05) is 5.73 Å². The van der Waals surface area contributed by atoms with Gasteiger partial charge in [0.2, 0.25) is 0 Å². The molecule has 0 fully saturated rings. The van der Waals surface area contributed by atoms with Crippen LogP contribution in [0, 0.1) is 13.8 Å². The van der Waals surface area contributed by atoms with E-state index in [1.165, 1.54) is 16.0 Å². The zero-order valence-electron chi connectivity index (χ0n) is 11.9. The van der Waals surface area contributed by atoms with Gasteiger partial charge in [-0.15, -0.1) is 11.3 Å². The van der Waals surface area contributed by atoms with Gasteiger partial charge in [0, 0.05) is 10.4 Å². The van der Waals surface area contributed by atoms with Gasteiger partial charge in [-0.1, -0.05) is 31.2 Å². The third-order valence-corrected chi connectivity index (χ3v) is 4.78. The van der Waals surface area contributed by atoms with Gasteiger partial charge in [0.05, 0.1) is 5.39 Å². The molecule has 0 amide bonds. The zero-order valence-corrected chi connectivity index (χ0v) is 12.7. The predicted octanol–water partition coefficient (Wildman–Crippen LogP) is 4.12. The Morgan fingerprint density at radius 1 is 1.10 bits per heavy atom. The largest absolute Gasteiger partial charge is 0.383 e. The summed E-state index contributed by atoms with van der Waals surface area (Å²) in [6, 6.07) is 8.35. The minimum atomic E-state index is 0.575. The van der Waals surface area contributed by atoms with Crippen molar-refractivity contribution >= 4 is 27.4 Å². The van der Waals surface area contributed by atoms with Crippen molar-refractivity contribution in [3.8, 4) is 11.4 Å². The maximum absolute atomic E-state index is 6.12. The normalized spacial score (nSPS) is 11.2. The lowest BCUT2D eigenvalue weighted by Crippen LogP contribution is -1.97. The topological polar surface area (TPSA) is 51.8 Å². The number of hydrogen-bond acceptors (Lipinski definition) is 4. The van der Waals surface area contributed by atoms with E-state index in [0.29, 0.717) is 11.6 Å². The van der Waals surface area contributed by atoms with Crippen LogP contribution in [-0.2, 0) is 6.42 Å². The van der Waals surface area contributed by atoms with Crippen LogP contribution in [0.5, 0.6) is 0 Å². The Hall–Kier alpha value is -1.94. The molecule has 0 aliphatic carbocycles. The number of rotatable bonds is 2. The van der Waals surface area contributed by atoms with Crippen molar-refractivity contribution in [1.29, 1.82) is 0 Å². The molecule has 4 heteroatoms. The van der Waals surface area contributed by atoms with E-state index in [2.05, 4.69) is 55.0 Å². The second-order valence-electron chi connectivity index (χ2n) is 4.95. The van der Waals surface area contributed by atoms with E-state index >= 15 is 0 Å². The van der Waals surface area contributed by atoms with Gasteiger partial charge in [0.15, 0.2) is 5.82 Å². The highest BCUT2D eigenvalue weighted by atomic mass is 32.1. The van der Waals surface area contributed by atoms with Crippen LogP contribution in [0.15, 0.2) is 24.3 Å². The average Bonchev–Trinajstić information content (AvgIpc) is 2.74. The Kier molecular flexibility index (Phi) is 3.18. The van der Waals surface area contributed by atoms with E-state index in [9.17, 15) is 0 Å². The number of nitrogens with two attached hydrogens (primary N) is 1. The van der Waals surface area contributed by atoms with Gasteiger partial charge in [-0.05, 0) is 31.4 Å². The molecule has 20 heavy (non-hydrogen) atoms. The van der Waals surface area contributed by atoms with Crippen molar-refractivity contribution < 1.29 is 0 Å². The quantitative estimate of drug-likeness (QED) is 0.769. The lowest BCUT2D eigenvalue weighted by atomic mass is 10.1. The summed E-state index contributed by atoms with van der Waals surface area (Å²) in [5.74, 6) is 1.28. The highest BCUT2D eigenvalue weighted by molar-refractivity contribution is 7.18. The van der Waals surface area contributed by atoms with Crippen LogP contribution < -0.4 is 5.73 Å². The fourth-order valence-electron chi connectivity index (χ4n) is 2.30. The molecule has 2 aromatic heterocycles. The maximum Gasteiger partial charge on any atom is 0.163 e. The smallest absolute Gasteiger partial charge is 0.163 e. The molecule has 0 radical (unpaired) electrons. The molecule has 2 N–H and O–H groups in total. The fraction of sp³-hybridized carbons (Fsp3) is 0.250. The zero-order chi connectivity index (χ0) is 14.3. The van der Waals surface area contributed by atoms with Gasteiger partial charge in [-0.2, -0.15) is 0 Å². The van der Waals surface area contributed by atoms with Gasteiger partial charge in [0.1, 0.15) is 10.6 Å². The van der Waals surface area contributed by atoms with Gasteiger partial charge in [-0.3, -0.25) is 0 Å². The van der Waals surface area contributed by atoms with Crippen molar-refractivity contribution in [1.82, 2.24) is 9.97 Å². The first-order valence-electron chi connectivity index (χ1n) is 6.72. The molecule has 3 nitrogen and oxygen atoms in total. The lowest BCUT2D eigenvalue weighted by molar-refractivity contribution is 1.14. The molecule has 0 aliphatic rings. The number of nitrogens with zero attached hydrogens (tertiary/aromatic N) is 2. The summed E-state index contributed by atoms with van der Waals surface area (Å²) in [4.78, 5) is 11.4. The number of hydrogen-bond donors (Lipinski definition) is 1. The van der Waals surface area contributed by atoms with Gasteiger partial charge < -0.3 is 5.73 Å². The third kappa shape index (κ3) is 2.06. The lowest BCUT2D eigenvalue weighted by Gasteiger charge is -2.04. The van der Waals surface area contributed by atoms with Crippen molar-refractivity contribution in [2.24, 2.45) is 0 Å². The molecule has 0 bridgehead atoms. The molecule has 3 aromatic rings. The van der Waals surface area contributed by atoms with Crippen molar-refractivity contribution in [3.05, 3.63) is 40.3 Å². The summed E-state index contributed by atoms with van der Waals surface area (Å²) in [5.41, 5.74) is 9.63. The van der Waals surface area contributed by atoms with Crippen LogP contribution in [0.1, 0.15) is 22.9 Å². The van der Waals surface area contributed by atoms with E-state index in [1.54, 1.807) is 11.3 Å². The van der Waals surface area contributed by atoms with Crippen LogP contribution in [0.4, 0.5) is 5.82 Å². The van der Waals surface area contributed by atoms with Crippen LogP contribution in [0.25, 0.3) is 21.6 Å². The van der Waals surface area contributed by atoms with E-state index in [1.807, 2.05) is 0 Å². The van der Waals surface area contributed by atoms with Gasteiger partial charge >= 0.3 is 0 Å². The molecular weight excluding hydrogens is 266 g/mol. The van der Waals surface area contributed by atoms with Crippen molar-refractivity contribution in [2.45, 2.75) is 27.2 Å². The molecular formula is C16H17N3S. The maximum atomic E-state index is 6.12. The minimum absolute atomic E-state index is 0.575. The number of thiophene rings is 1. The Balaban J connectivity index is 2.16. The molecule has 0 aliphatic heterocycles. The number of fused-ring (bicyclic) bond motifs is 1. The first-order chi connectivity index (χ1) is 9.60. The summed E-state index contributed by atoms with van der Waals surface area (Å²) < 4.78 is 0. The van der Waals surface area contributed by atoms with E-state index in [0.717, 1.165) is 22.2 Å². The van der Waals surface area contributed by atoms with Crippen LogP contribution >= 0.6 is 11.3 Å². The highest BCUT2D eigenvalue weighted by Crippen LogP contribution is 2.33. The molecule has 0 spiro atoms. The summed E-state index contributed by atoms with van der Waals surface area (Å²) in [5, 5.41) is 1.00. The monoisotopic (exact) mass is 283 g/mol. The number of benzene rings is 1. The number of nitrogen functional groups attached to an aromatic ring is 1. The predicted molar refractivity (Wildman–Crippen MR) is 86.1 cm³/mol. The molecule has 2 heterocycles. The van der Waals surface area contributed by atoms with Crippen LogP contribution in [0.3, 0.4) is 0 Å². The van der Waals surface area contributed by atoms with E-state index < -0.39 is 0 Å². The standard InChI is InChI=1S/C16H17N3S/c1-4-11-5-7-12(8-6-11)15-18-14(17)13-9(2)10(3)20-16(13)19-15/h5-8H,4H2,1-3H3,(H2,17,18,19). The highest BCUT2D eigenvalue weighted by Gasteiger charge is 2.13. The first-order valence-corrected chi connectivity index (χ1v) is 7.54. The van der Waals surface area contributed by atoms with Gasteiger partial charge in [-0.25, -0.2) is 9.97 Å². The Bertz CT molecular complexity index is 773. The number of aryl methyl sites for hydroxylation is 3. The summed E-state index contributed by atoms with van der Waals surface area (Å²) in [6.07, 6.45) is 1.03. The Morgan fingerprint density at radius 2 is 1.80 bits per heavy atom. The van der Waals surface area contributed by atoms with Crippen LogP contribution in [0.2, 0.25) is 0 Å². The Morgan fingerprint density at radius 3 is 2.45 bits per heavy atom. The molecule has 3 rings (SSSR count). The second kappa shape index (κ2) is 4.87. The Labute approximate surface area is 122 Å². The summed E-state index contributed by atoms with van der Waals surface area (Å²) in [7, 11) is 0. The van der Waals surface area contributed by atoms with Crippen molar-refractivity contribution in [3.63, 3.8) is 0 Å². The summed E-state index contributed by atoms with van der Waals surface area (Å²) in [6.45, 7) is 6.31. The summed E-state index contributed by atoms with van der Waals surface area (Å²) >= 11 is 1.68. The minimum Gasteiger partial charge on any atom is -0.383 e. The molecule has 0 saturated carbocycles. The number of aromatic nitrogens is 2. The van der Waals surface area contributed by atoms with Crippen LogP contribution in [-0.4, -0.2) is 9.97 Å². The van der Waals surface area contributed by atoms with E-state index in [-0.39, 0.29) is 0 Å². The average molecular weight is 283 g/mol. The first kappa shape index (κ1) is 13.1.